The highest BCUT2D eigenvalue weighted by atomic mass is 35.5. The van der Waals surface area contributed by atoms with Crippen molar-refractivity contribution in [1.82, 2.24) is 20.0 Å². The van der Waals surface area contributed by atoms with Gasteiger partial charge in [0.05, 0.1) is 34.2 Å². The van der Waals surface area contributed by atoms with Gasteiger partial charge >= 0.3 is 0 Å². The smallest absolute Gasteiger partial charge is 0.170 e. The molecule has 0 bridgehead atoms. The molecule has 0 fully saturated rings. The van der Waals surface area contributed by atoms with Crippen LogP contribution in [0.5, 0.6) is 0 Å². The maximum absolute atomic E-state index is 12.6. The molecule has 2 rings (SSSR count). The van der Waals surface area contributed by atoms with E-state index in [1.54, 1.807) is 10.7 Å². The minimum absolute atomic E-state index is 0.00240. The summed E-state index contributed by atoms with van der Waals surface area (Å²) in [5.74, 6) is -0.00240. The molecule has 2 aromatic rings. The van der Waals surface area contributed by atoms with Crippen LogP contribution in [0.2, 0.25) is 5.02 Å². The molecule has 112 valence electrons. The fraction of sp³-hybridized carbons (Fsp3) is 0.467. The van der Waals surface area contributed by atoms with Crippen molar-refractivity contribution < 1.29 is 4.79 Å². The minimum Gasteiger partial charge on any atom is -0.294 e. The zero-order valence-electron chi connectivity index (χ0n) is 12.8. The summed E-state index contributed by atoms with van der Waals surface area (Å²) >= 11 is 6.30. The number of nitrogens with zero attached hydrogens (tertiary/aromatic N) is 4. The molecule has 0 N–H and O–H groups in total. The molecule has 0 aliphatic carbocycles. The van der Waals surface area contributed by atoms with Gasteiger partial charge in [-0.25, -0.2) is 0 Å². The van der Waals surface area contributed by atoms with E-state index in [2.05, 4.69) is 15.3 Å². The number of aromatic nitrogens is 4. The second-order valence-electron chi connectivity index (χ2n) is 4.98. The number of Topliss-reactive ketones (excluding diaryl/α,β-unsaturated/α-hetero) is 1. The molecule has 5 nitrogen and oxygen atoms in total. The zero-order valence-corrected chi connectivity index (χ0v) is 13.5. The number of hydrogen-bond acceptors (Lipinski definition) is 4. The lowest BCUT2D eigenvalue weighted by atomic mass is 10.0. The fourth-order valence-corrected chi connectivity index (χ4v) is 2.64. The predicted molar refractivity (Wildman–Crippen MR) is 81.8 cm³/mol. The zero-order chi connectivity index (χ0) is 15.6. The van der Waals surface area contributed by atoms with Gasteiger partial charge in [-0.1, -0.05) is 25.4 Å². The molecule has 0 aliphatic rings. The van der Waals surface area contributed by atoms with Gasteiger partial charge in [0, 0.05) is 12.6 Å². The van der Waals surface area contributed by atoms with Crippen LogP contribution in [0.15, 0.2) is 6.07 Å². The molecule has 0 saturated carbocycles. The topological polar surface area (TPSA) is 60.7 Å². The Hall–Kier alpha value is -1.75. The Labute approximate surface area is 129 Å². The summed E-state index contributed by atoms with van der Waals surface area (Å²) < 4.78 is 1.69. The van der Waals surface area contributed by atoms with Crippen molar-refractivity contribution in [3.05, 3.63) is 39.4 Å². The van der Waals surface area contributed by atoms with E-state index in [1.165, 1.54) is 0 Å². The quantitative estimate of drug-likeness (QED) is 0.797. The first kappa shape index (κ1) is 15.6. The molecule has 6 heteroatoms. The van der Waals surface area contributed by atoms with E-state index >= 15 is 0 Å². The normalized spacial score (nSPS) is 10.9. The predicted octanol–water partition coefficient (Wildman–Crippen LogP) is 2.72. The van der Waals surface area contributed by atoms with E-state index in [-0.39, 0.29) is 12.2 Å². The lowest BCUT2D eigenvalue weighted by Crippen LogP contribution is -2.12. The van der Waals surface area contributed by atoms with E-state index in [0.717, 1.165) is 29.2 Å². The van der Waals surface area contributed by atoms with Gasteiger partial charge in [-0.3, -0.25) is 9.48 Å². The Morgan fingerprint density at radius 3 is 2.48 bits per heavy atom. The Morgan fingerprint density at radius 2 is 1.90 bits per heavy atom. The van der Waals surface area contributed by atoms with Crippen LogP contribution in [-0.4, -0.2) is 25.8 Å². The van der Waals surface area contributed by atoms with Crippen LogP contribution < -0.4 is 0 Å². The number of carbonyl (C=O) groups excluding carboxylic acids is 1. The van der Waals surface area contributed by atoms with Crippen molar-refractivity contribution >= 4 is 17.4 Å². The van der Waals surface area contributed by atoms with Gasteiger partial charge in [-0.2, -0.15) is 15.3 Å². The molecule has 0 unspecified atom stereocenters. The van der Waals surface area contributed by atoms with Gasteiger partial charge in [0.1, 0.15) is 0 Å². The second-order valence-corrected chi connectivity index (χ2v) is 5.36. The molecule has 0 amide bonds. The van der Waals surface area contributed by atoms with Gasteiger partial charge in [0.2, 0.25) is 0 Å². The average molecular weight is 307 g/mol. The number of halogens is 1. The molecule has 0 aromatic carbocycles. The van der Waals surface area contributed by atoms with Crippen molar-refractivity contribution in [2.45, 2.75) is 40.0 Å². The van der Waals surface area contributed by atoms with Gasteiger partial charge in [0.15, 0.2) is 5.78 Å². The Kier molecular flexibility index (Phi) is 4.73. The molecule has 2 aromatic heterocycles. The van der Waals surface area contributed by atoms with Crippen LogP contribution in [0, 0.1) is 6.92 Å². The van der Waals surface area contributed by atoms with Crippen molar-refractivity contribution in [3.63, 3.8) is 0 Å². The Bertz CT molecular complexity index is 679. The molecule has 0 saturated heterocycles. The van der Waals surface area contributed by atoms with Crippen LogP contribution in [0.1, 0.15) is 47.0 Å². The largest absolute Gasteiger partial charge is 0.294 e. The molecular formula is C15H19ClN4O. The summed E-state index contributed by atoms with van der Waals surface area (Å²) in [4.78, 5) is 12.6. The third-order valence-corrected chi connectivity index (χ3v) is 3.90. The highest BCUT2D eigenvalue weighted by molar-refractivity contribution is 6.32. The van der Waals surface area contributed by atoms with E-state index in [9.17, 15) is 4.79 Å². The summed E-state index contributed by atoms with van der Waals surface area (Å²) in [6.45, 7) is 5.78. The summed E-state index contributed by atoms with van der Waals surface area (Å²) in [7, 11) is 1.81. The van der Waals surface area contributed by atoms with Crippen LogP contribution in [0.4, 0.5) is 0 Å². The maximum atomic E-state index is 12.6. The minimum atomic E-state index is -0.00240. The first-order chi connectivity index (χ1) is 9.97. The van der Waals surface area contributed by atoms with Crippen LogP contribution in [-0.2, 0) is 26.3 Å². The Morgan fingerprint density at radius 1 is 1.24 bits per heavy atom. The van der Waals surface area contributed by atoms with Gasteiger partial charge in [-0.15, -0.1) is 0 Å². The van der Waals surface area contributed by atoms with Crippen molar-refractivity contribution in [2.24, 2.45) is 7.05 Å². The van der Waals surface area contributed by atoms with E-state index in [0.29, 0.717) is 17.0 Å². The lowest BCUT2D eigenvalue weighted by Gasteiger charge is -2.07. The third kappa shape index (κ3) is 3.13. The molecule has 21 heavy (non-hydrogen) atoms. The second kappa shape index (κ2) is 6.35. The standard InChI is InChI=1S/C15H19ClN4O/c1-5-11-10(7-9(3)17-18-11)14(21)8-13-15(16)12(6-2)19-20(13)4/h7H,5-6,8H2,1-4H3. The number of rotatable bonds is 5. The van der Waals surface area contributed by atoms with E-state index < -0.39 is 0 Å². The van der Waals surface area contributed by atoms with Crippen molar-refractivity contribution in [1.29, 1.82) is 0 Å². The summed E-state index contributed by atoms with van der Waals surface area (Å²) in [6, 6.07) is 1.79. The number of ketones is 1. The van der Waals surface area contributed by atoms with E-state index in [4.69, 9.17) is 11.6 Å². The molecule has 2 heterocycles. The number of aryl methyl sites for hydroxylation is 4. The maximum Gasteiger partial charge on any atom is 0.170 e. The lowest BCUT2D eigenvalue weighted by molar-refractivity contribution is 0.0989. The Balaban J connectivity index is 2.34. The molecule has 0 aliphatic heterocycles. The fourth-order valence-electron chi connectivity index (χ4n) is 2.28. The number of carbonyl (C=O) groups is 1. The monoisotopic (exact) mass is 306 g/mol. The average Bonchev–Trinajstić information content (AvgIpc) is 2.74. The summed E-state index contributed by atoms with van der Waals surface area (Å²) in [6.07, 6.45) is 1.64. The molecular weight excluding hydrogens is 288 g/mol. The molecule has 0 radical (unpaired) electrons. The van der Waals surface area contributed by atoms with Crippen molar-refractivity contribution in [3.8, 4) is 0 Å². The van der Waals surface area contributed by atoms with Crippen LogP contribution in [0.3, 0.4) is 0 Å². The first-order valence-electron chi connectivity index (χ1n) is 7.04. The van der Waals surface area contributed by atoms with Crippen molar-refractivity contribution in [2.75, 3.05) is 0 Å². The summed E-state index contributed by atoms with van der Waals surface area (Å²) in [5.41, 5.74) is 3.65. The SMILES string of the molecule is CCc1nnc(C)cc1C(=O)Cc1c(Cl)c(CC)nn1C. The highest BCUT2D eigenvalue weighted by Gasteiger charge is 2.19. The third-order valence-electron chi connectivity index (χ3n) is 3.46. The molecule has 0 spiro atoms. The van der Waals surface area contributed by atoms with Crippen LogP contribution >= 0.6 is 11.6 Å². The van der Waals surface area contributed by atoms with Gasteiger partial charge in [0.25, 0.3) is 0 Å². The van der Waals surface area contributed by atoms with Gasteiger partial charge < -0.3 is 0 Å². The van der Waals surface area contributed by atoms with Gasteiger partial charge in [-0.05, 0) is 25.8 Å². The first-order valence-corrected chi connectivity index (χ1v) is 7.42. The highest BCUT2D eigenvalue weighted by Crippen LogP contribution is 2.23. The van der Waals surface area contributed by atoms with Crippen LogP contribution in [0.25, 0.3) is 0 Å². The molecule has 0 atom stereocenters. The number of hydrogen-bond donors (Lipinski definition) is 0. The summed E-state index contributed by atoms with van der Waals surface area (Å²) in [5, 5.41) is 13.0. The van der Waals surface area contributed by atoms with E-state index in [1.807, 2.05) is 27.8 Å².